The molecule has 1 aromatic carbocycles. The Balaban J connectivity index is 3.11. The molecule has 20 heavy (non-hydrogen) atoms. The number of rotatable bonds is 7. The van der Waals surface area contributed by atoms with Gasteiger partial charge in [-0.05, 0) is 18.4 Å². The Kier molecular flexibility index (Phi) is 6.79. The highest BCUT2D eigenvalue weighted by molar-refractivity contribution is 7.98. The second-order valence-electron chi connectivity index (χ2n) is 3.97. The third-order valence-electron chi connectivity index (χ3n) is 2.59. The van der Waals surface area contributed by atoms with Crippen LogP contribution in [0.4, 0.5) is 0 Å². The molecule has 0 aliphatic carbocycles. The smallest absolute Gasteiger partial charge is 0.356 e. The van der Waals surface area contributed by atoms with Gasteiger partial charge in [0, 0.05) is 5.56 Å². The van der Waals surface area contributed by atoms with Gasteiger partial charge in [-0.3, -0.25) is 4.99 Å². The van der Waals surface area contributed by atoms with Gasteiger partial charge in [0.2, 0.25) is 0 Å². The van der Waals surface area contributed by atoms with Crippen LogP contribution in [0.3, 0.4) is 0 Å². The Morgan fingerprint density at radius 1 is 1.35 bits per heavy atom. The van der Waals surface area contributed by atoms with Crippen LogP contribution in [0.5, 0.6) is 0 Å². The number of methoxy groups -OCH3 is 1. The zero-order valence-electron chi connectivity index (χ0n) is 11.4. The Bertz CT molecular complexity index is 487. The van der Waals surface area contributed by atoms with Gasteiger partial charge in [-0.2, -0.15) is 11.8 Å². The molecule has 0 saturated heterocycles. The molecule has 0 bridgehead atoms. The lowest BCUT2D eigenvalue weighted by atomic mass is 10.1. The second kappa shape index (κ2) is 8.37. The zero-order valence-corrected chi connectivity index (χ0v) is 12.2. The summed E-state index contributed by atoms with van der Waals surface area (Å²) in [6.45, 7) is 0. The van der Waals surface area contributed by atoms with Crippen molar-refractivity contribution in [2.24, 2.45) is 4.99 Å². The minimum absolute atomic E-state index is 0.0432. The normalized spacial score (nSPS) is 12.8. The van der Waals surface area contributed by atoms with E-state index in [4.69, 9.17) is 0 Å². The van der Waals surface area contributed by atoms with E-state index in [1.165, 1.54) is 18.9 Å². The summed E-state index contributed by atoms with van der Waals surface area (Å²) in [5.74, 6) is -1.02. The van der Waals surface area contributed by atoms with E-state index in [-0.39, 0.29) is 5.71 Å². The molecule has 0 saturated carbocycles. The fourth-order valence-corrected chi connectivity index (χ4v) is 2.03. The predicted molar refractivity (Wildman–Crippen MR) is 79.4 cm³/mol. The van der Waals surface area contributed by atoms with Crippen molar-refractivity contribution >= 4 is 29.4 Å². The molecule has 0 aliphatic rings. The standard InChI is InChI=1S/C14H17NO4S/c1-19-14(18)12(10-6-4-3-5-7-10)15-11(13(16)17)8-9-20-2/h3-7,11H,8-9H2,1-2H3,(H,16,17)/t11-/m0/s1. The van der Waals surface area contributed by atoms with Crippen molar-refractivity contribution < 1.29 is 19.4 Å². The van der Waals surface area contributed by atoms with Gasteiger partial charge in [0.25, 0.3) is 0 Å². The molecule has 6 heteroatoms. The maximum absolute atomic E-state index is 11.8. The van der Waals surface area contributed by atoms with Gasteiger partial charge in [0.1, 0.15) is 6.04 Å². The van der Waals surface area contributed by atoms with Crippen LogP contribution in [0.15, 0.2) is 35.3 Å². The van der Waals surface area contributed by atoms with E-state index in [2.05, 4.69) is 9.73 Å². The second-order valence-corrected chi connectivity index (χ2v) is 4.96. The highest BCUT2D eigenvalue weighted by Crippen LogP contribution is 2.10. The van der Waals surface area contributed by atoms with Gasteiger partial charge in [-0.15, -0.1) is 0 Å². The molecule has 0 aromatic heterocycles. The Labute approximate surface area is 122 Å². The highest BCUT2D eigenvalue weighted by Gasteiger charge is 2.21. The topological polar surface area (TPSA) is 76.0 Å². The summed E-state index contributed by atoms with van der Waals surface area (Å²) < 4.78 is 4.68. The molecule has 0 spiro atoms. The molecule has 0 unspecified atom stereocenters. The van der Waals surface area contributed by atoms with E-state index >= 15 is 0 Å². The molecular formula is C14H17NO4S. The number of nitrogens with zero attached hydrogens (tertiary/aromatic N) is 1. The molecule has 5 nitrogen and oxygen atoms in total. The first-order valence-electron chi connectivity index (χ1n) is 6.03. The van der Waals surface area contributed by atoms with Crippen molar-refractivity contribution in [1.29, 1.82) is 0 Å². The molecular weight excluding hydrogens is 278 g/mol. The number of aliphatic carboxylic acids is 1. The van der Waals surface area contributed by atoms with E-state index in [1.807, 2.05) is 6.26 Å². The molecule has 0 fully saturated rings. The summed E-state index contributed by atoms with van der Waals surface area (Å²) in [7, 11) is 1.25. The van der Waals surface area contributed by atoms with Crippen LogP contribution in [-0.4, -0.2) is 47.9 Å². The van der Waals surface area contributed by atoms with Crippen LogP contribution in [-0.2, 0) is 14.3 Å². The SMILES string of the molecule is COC(=O)C(=N[C@@H](CCSC)C(=O)O)c1ccccc1. The zero-order chi connectivity index (χ0) is 15.0. The number of hydrogen-bond acceptors (Lipinski definition) is 5. The third kappa shape index (κ3) is 4.70. The summed E-state index contributed by atoms with van der Waals surface area (Å²) in [5.41, 5.74) is 0.594. The van der Waals surface area contributed by atoms with Gasteiger partial charge in [-0.25, -0.2) is 9.59 Å². The van der Waals surface area contributed by atoms with Crippen LogP contribution in [0.2, 0.25) is 0 Å². The summed E-state index contributed by atoms with van der Waals surface area (Å²) in [5, 5.41) is 9.18. The lowest BCUT2D eigenvalue weighted by molar-refractivity contribution is -0.138. The lowest BCUT2D eigenvalue weighted by Gasteiger charge is -2.10. The average Bonchev–Trinajstić information content (AvgIpc) is 2.47. The number of carbonyl (C=O) groups excluding carboxylic acids is 1. The van der Waals surface area contributed by atoms with Crippen molar-refractivity contribution in [2.45, 2.75) is 12.5 Å². The summed E-state index contributed by atoms with van der Waals surface area (Å²) in [4.78, 5) is 27.1. The van der Waals surface area contributed by atoms with E-state index in [0.717, 1.165) is 0 Å². The minimum Gasteiger partial charge on any atom is -0.480 e. The Hall–Kier alpha value is -1.82. The maximum Gasteiger partial charge on any atom is 0.356 e. The van der Waals surface area contributed by atoms with Crippen molar-refractivity contribution in [2.75, 3.05) is 19.1 Å². The quantitative estimate of drug-likeness (QED) is 0.614. The minimum atomic E-state index is -1.05. The van der Waals surface area contributed by atoms with Crippen LogP contribution in [0.1, 0.15) is 12.0 Å². The fourth-order valence-electron chi connectivity index (χ4n) is 1.57. The molecule has 0 aliphatic heterocycles. The summed E-state index contributed by atoms with van der Waals surface area (Å²) in [6.07, 6.45) is 2.25. The first-order chi connectivity index (χ1) is 9.60. The third-order valence-corrected chi connectivity index (χ3v) is 3.24. The number of thioether (sulfide) groups is 1. The van der Waals surface area contributed by atoms with Crippen molar-refractivity contribution in [3.05, 3.63) is 35.9 Å². The molecule has 1 aromatic rings. The van der Waals surface area contributed by atoms with Gasteiger partial charge < -0.3 is 9.84 Å². The fraction of sp³-hybridized carbons (Fsp3) is 0.357. The Morgan fingerprint density at radius 3 is 2.50 bits per heavy atom. The monoisotopic (exact) mass is 295 g/mol. The molecule has 0 radical (unpaired) electrons. The maximum atomic E-state index is 11.8. The highest BCUT2D eigenvalue weighted by atomic mass is 32.2. The number of carboxylic acids is 1. The van der Waals surface area contributed by atoms with Crippen LogP contribution < -0.4 is 0 Å². The van der Waals surface area contributed by atoms with Crippen molar-refractivity contribution in [3.63, 3.8) is 0 Å². The van der Waals surface area contributed by atoms with Gasteiger partial charge in [0.05, 0.1) is 7.11 Å². The molecule has 1 N–H and O–H groups in total. The lowest BCUT2D eigenvalue weighted by Crippen LogP contribution is -2.25. The average molecular weight is 295 g/mol. The first kappa shape index (κ1) is 16.2. The summed E-state index contributed by atoms with van der Waals surface area (Å²) in [6, 6.07) is 7.77. The number of hydrogen-bond donors (Lipinski definition) is 1. The molecule has 0 amide bonds. The van der Waals surface area contributed by atoms with E-state index < -0.39 is 18.0 Å². The van der Waals surface area contributed by atoms with E-state index in [9.17, 15) is 14.7 Å². The number of ether oxygens (including phenoxy) is 1. The number of carboxylic acid groups (broad SMARTS) is 1. The van der Waals surface area contributed by atoms with Crippen LogP contribution >= 0.6 is 11.8 Å². The molecule has 1 atom stereocenters. The number of esters is 1. The van der Waals surface area contributed by atoms with Crippen LogP contribution in [0.25, 0.3) is 0 Å². The van der Waals surface area contributed by atoms with Gasteiger partial charge >= 0.3 is 11.9 Å². The number of benzene rings is 1. The Morgan fingerprint density at radius 2 is 2.00 bits per heavy atom. The van der Waals surface area contributed by atoms with Gasteiger partial charge in [0.15, 0.2) is 5.71 Å². The van der Waals surface area contributed by atoms with Crippen molar-refractivity contribution in [3.8, 4) is 0 Å². The van der Waals surface area contributed by atoms with Gasteiger partial charge in [-0.1, -0.05) is 30.3 Å². The number of carbonyl (C=O) groups is 2. The van der Waals surface area contributed by atoms with Crippen LogP contribution in [0, 0.1) is 0 Å². The van der Waals surface area contributed by atoms with E-state index in [0.29, 0.717) is 17.7 Å². The molecule has 108 valence electrons. The largest absolute Gasteiger partial charge is 0.480 e. The molecule has 0 heterocycles. The van der Waals surface area contributed by atoms with Crippen molar-refractivity contribution in [1.82, 2.24) is 0 Å². The van der Waals surface area contributed by atoms with E-state index in [1.54, 1.807) is 30.3 Å². The summed E-state index contributed by atoms with van der Waals surface area (Å²) >= 11 is 1.54. The molecule has 1 rings (SSSR count). The first-order valence-corrected chi connectivity index (χ1v) is 7.42. The predicted octanol–water partition coefficient (Wildman–Crippen LogP) is 1.86. The number of aliphatic imine (C=N–C) groups is 1.